The molecule has 20 heavy (non-hydrogen) atoms. The molecular weight excluding hydrogens is 259 g/mol. The lowest BCUT2D eigenvalue weighted by molar-refractivity contribution is -0.145. The summed E-state index contributed by atoms with van der Waals surface area (Å²) in [5, 5.41) is 19.2. The largest absolute Gasteiger partial charge is 0.508 e. The quantitative estimate of drug-likeness (QED) is 0.647. The van der Waals surface area contributed by atoms with Gasteiger partial charge < -0.3 is 19.5 Å². The molecule has 6 heteroatoms. The van der Waals surface area contributed by atoms with E-state index in [9.17, 15) is 14.9 Å². The number of rotatable bonds is 3. The van der Waals surface area contributed by atoms with Crippen LogP contribution in [0.4, 0.5) is 0 Å². The third kappa shape index (κ3) is 3.52. The standard InChI is InChI=1S/C12H15BO5.C2H6/c1-3-17-11(15)6-10-12-7(2)4-8(14)5-9(12)13(16)18-10;1-2/h4-5,10,14,16H,3,6H2,1-2H3;1-2H3. The second-order valence-electron chi connectivity index (χ2n) is 4.25. The maximum Gasteiger partial charge on any atom is 0.492 e. The van der Waals surface area contributed by atoms with Gasteiger partial charge in [0.05, 0.1) is 19.1 Å². The molecule has 0 amide bonds. The Morgan fingerprint density at radius 1 is 1.45 bits per heavy atom. The summed E-state index contributed by atoms with van der Waals surface area (Å²) in [5.74, 6) is -0.291. The molecule has 0 aliphatic carbocycles. The summed E-state index contributed by atoms with van der Waals surface area (Å²) in [6, 6.07) is 3.04. The third-order valence-electron chi connectivity index (χ3n) is 2.94. The first-order valence-corrected chi connectivity index (χ1v) is 6.85. The van der Waals surface area contributed by atoms with Crippen LogP contribution in [0.15, 0.2) is 12.1 Å². The van der Waals surface area contributed by atoms with Gasteiger partial charge in [0.1, 0.15) is 5.75 Å². The number of hydrogen-bond acceptors (Lipinski definition) is 5. The molecule has 1 aromatic carbocycles. The Morgan fingerprint density at radius 3 is 2.70 bits per heavy atom. The SMILES string of the molecule is CC.CCOC(=O)CC1OB(O)c2cc(O)cc(C)c21. The van der Waals surface area contributed by atoms with Crippen molar-refractivity contribution < 1.29 is 24.3 Å². The highest BCUT2D eigenvalue weighted by atomic mass is 16.5. The van der Waals surface area contributed by atoms with Crippen LogP contribution in [0.3, 0.4) is 0 Å². The molecule has 1 aliphatic heterocycles. The molecule has 5 nitrogen and oxygen atoms in total. The van der Waals surface area contributed by atoms with Crippen LogP contribution in [0.25, 0.3) is 0 Å². The van der Waals surface area contributed by atoms with Gasteiger partial charge in [0.2, 0.25) is 0 Å². The normalized spacial score (nSPS) is 16.2. The van der Waals surface area contributed by atoms with Crippen molar-refractivity contribution in [2.75, 3.05) is 6.61 Å². The van der Waals surface area contributed by atoms with E-state index in [2.05, 4.69) is 0 Å². The van der Waals surface area contributed by atoms with Gasteiger partial charge in [0.15, 0.2) is 0 Å². The Morgan fingerprint density at radius 2 is 2.10 bits per heavy atom. The van der Waals surface area contributed by atoms with Crippen molar-refractivity contribution in [3.8, 4) is 5.75 Å². The molecular formula is C14H21BO5. The molecule has 2 rings (SSSR count). The van der Waals surface area contributed by atoms with Crippen molar-refractivity contribution in [1.82, 2.24) is 0 Å². The summed E-state index contributed by atoms with van der Waals surface area (Å²) in [6.45, 7) is 7.85. The number of carbonyl (C=O) groups excluding carboxylic acids is 1. The summed E-state index contributed by atoms with van der Waals surface area (Å²) in [7, 11) is -1.11. The minimum atomic E-state index is -1.11. The van der Waals surface area contributed by atoms with Gasteiger partial charge in [-0.15, -0.1) is 0 Å². The average Bonchev–Trinajstić information content (AvgIpc) is 2.69. The number of hydrogen-bond donors (Lipinski definition) is 2. The molecule has 1 unspecified atom stereocenters. The molecule has 110 valence electrons. The highest BCUT2D eigenvalue weighted by Gasteiger charge is 2.37. The average molecular weight is 280 g/mol. The van der Waals surface area contributed by atoms with E-state index in [4.69, 9.17) is 9.39 Å². The van der Waals surface area contributed by atoms with Gasteiger partial charge in [-0.3, -0.25) is 4.79 Å². The van der Waals surface area contributed by atoms with Gasteiger partial charge in [-0.1, -0.05) is 13.8 Å². The van der Waals surface area contributed by atoms with Gasteiger partial charge in [-0.05, 0) is 42.6 Å². The van der Waals surface area contributed by atoms with Crippen LogP contribution in [0, 0.1) is 6.92 Å². The van der Waals surface area contributed by atoms with Crippen molar-refractivity contribution in [1.29, 1.82) is 0 Å². The predicted octanol–water partition coefficient (Wildman–Crippen LogP) is 1.44. The number of phenols is 1. The topological polar surface area (TPSA) is 76.0 Å². The smallest absolute Gasteiger partial charge is 0.492 e. The van der Waals surface area contributed by atoms with Gasteiger partial charge in [0, 0.05) is 0 Å². The summed E-state index contributed by atoms with van der Waals surface area (Å²) in [6.07, 6.45) is -0.460. The minimum Gasteiger partial charge on any atom is -0.508 e. The number of esters is 1. The van der Waals surface area contributed by atoms with Gasteiger partial charge in [-0.25, -0.2) is 0 Å². The van der Waals surface area contributed by atoms with E-state index < -0.39 is 13.2 Å². The molecule has 0 radical (unpaired) electrons. The molecule has 0 fully saturated rings. The second kappa shape index (κ2) is 7.31. The number of benzene rings is 1. The predicted molar refractivity (Wildman–Crippen MR) is 76.9 cm³/mol. The Balaban J connectivity index is 0.000000956. The Bertz CT molecular complexity index is 475. The van der Waals surface area contributed by atoms with Crippen LogP contribution < -0.4 is 5.46 Å². The maximum atomic E-state index is 11.5. The number of phenolic OH excluding ortho intramolecular Hbond substituents is 1. The number of aromatic hydroxyl groups is 1. The lowest BCUT2D eigenvalue weighted by atomic mass is 9.77. The molecule has 0 aromatic heterocycles. The van der Waals surface area contributed by atoms with Crippen LogP contribution >= 0.6 is 0 Å². The third-order valence-corrected chi connectivity index (χ3v) is 2.94. The van der Waals surface area contributed by atoms with E-state index in [0.717, 1.165) is 11.1 Å². The highest BCUT2D eigenvalue weighted by Crippen LogP contribution is 2.31. The van der Waals surface area contributed by atoms with E-state index in [1.807, 2.05) is 13.8 Å². The molecule has 0 saturated heterocycles. The van der Waals surface area contributed by atoms with E-state index in [0.29, 0.717) is 12.1 Å². The zero-order valence-corrected chi connectivity index (χ0v) is 12.3. The van der Waals surface area contributed by atoms with Crippen molar-refractivity contribution >= 4 is 18.6 Å². The van der Waals surface area contributed by atoms with Crippen LogP contribution in [-0.4, -0.2) is 29.8 Å². The number of aryl methyl sites for hydroxylation is 1. The van der Waals surface area contributed by atoms with Gasteiger partial charge >= 0.3 is 13.1 Å². The Labute approximate surface area is 119 Å². The first-order chi connectivity index (χ1) is 9.52. The van der Waals surface area contributed by atoms with Crippen molar-refractivity contribution in [3.63, 3.8) is 0 Å². The summed E-state index contributed by atoms with van der Waals surface area (Å²) < 4.78 is 10.2. The molecule has 1 heterocycles. The maximum absolute atomic E-state index is 11.5. The van der Waals surface area contributed by atoms with Crippen molar-refractivity contribution in [2.24, 2.45) is 0 Å². The van der Waals surface area contributed by atoms with Crippen molar-refractivity contribution in [2.45, 2.75) is 40.2 Å². The van der Waals surface area contributed by atoms with E-state index in [1.54, 1.807) is 19.9 Å². The summed E-state index contributed by atoms with van der Waals surface area (Å²) in [5.41, 5.74) is 2.06. The number of ether oxygens (including phenoxy) is 1. The first kappa shape index (κ1) is 16.5. The summed E-state index contributed by atoms with van der Waals surface area (Å²) in [4.78, 5) is 11.5. The molecule has 0 spiro atoms. The zero-order chi connectivity index (χ0) is 15.3. The van der Waals surface area contributed by atoms with Gasteiger partial charge in [-0.2, -0.15) is 0 Å². The summed E-state index contributed by atoms with van der Waals surface area (Å²) >= 11 is 0. The fourth-order valence-electron chi connectivity index (χ4n) is 2.27. The Hall–Kier alpha value is -1.53. The monoisotopic (exact) mass is 280 g/mol. The zero-order valence-electron chi connectivity index (χ0n) is 12.3. The molecule has 1 aromatic rings. The van der Waals surface area contributed by atoms with Crippen LogP contribution in [0.1, 0.15) is 44.4 Å². The molecule has 1 aliphatic rings. The fraction of sp³-hybridized carbons (Fsp3) is 0.500. The number of carbonyl (C=O) groups is 1. The molecule has 0 bridgehead atoms. The first-order valence-electron chi connectivity index (χ1n) is 6.85. The molecule has 2 N–H and O–H groups in total. The van der Waals surface area contributed by atoms with Crippen LogP contribution in [0.2, 0.25) is 0 Å². The highest BCUT2D eigenvalue weighted by molar-refractivity contribution is 6.62. The minimum absolute atomic E-state index is 0.0590. The lowest BCUT2D eigenvalue weighted by Crippen LogP contribution is -2.28. The van der Waals surface area contributed by atoms with Gasteiger partial charge in [0.25, 0.3) is 0 Å². The van der Waals surface area contributed by atoms with E-state index in [-0.39, 0.29) is 18.1 Å². The fourth-order valence-corrected chi connectivity index (χ4v) is 2.27. The lowest BCUT2D eigenvalue weighted by Gasteiger charge is -2.13. The van der Waals surface area contributed by atoms with E-state index >= 15 is 0 Å². The van der Waals surface area contributed by atoms with Crippen LogP contribution in [-0.2, 0) is 14.2 Å². The molecule has 1 atom stereocenters. The van der Waals surface area contributed by atoms with Crippen LogP contribution in [0.5, 0.6) is 5.75 Å². The Kier molecular flexibility index (Phi) is 6.04. The molecule has 0 saturated carbocycles. The van der Waals surface area contributed by atoms with Crippen molar-refractivity contribution in [3.05, 3.63) is 23.3 Å². The van der Waals surface area contributed by atoms with E-state index in [1.165, 1.54) is 6.07 Å². The number of fused-ring (bicyclic) bond motifs is 1. The second-order valence-corrected chi connectivity index (χ2v) is 4.25.